The van der Waals surface area contributed by atoms with Crippen LogP contribution in [0.3, 0.4) is 0 Å². The van der Waals surface area contributed by atoms with E-state index in [4.69, 9.17) is 4.42 Å². The number of hydrogen-bond acceptors (Lipinski definition) is 7. The molecular weight excluding hydrogens is 550 g/mol. The molecule has 41 heavy (non-hydrogen) atoms. The Balaban J connectivity index is 1.36. The highest BCUT2D eigenvalue weighted by molar-refractivity contribution is 8.24. The number of halogens is 2. The summed E-state index contributed by atoms with van der Waals surface area (Å²) in [6.45, 7) is 1.07. The van der Waals surface area contributed by atoms with Crippen LogP contribution in [0.4, 0.5) is 14.5 Å². The van der Waals surface area contributed by atoms with E-state index in [0.29, 0.717) is 61.7 Å². The minimum atomic E-state index is -2.51. The molecule has 1 amide bonds. The number of amides is 1. The zero-order valence-electron chi connectivity index (χ0n) is 22.5. The van der Waals surface area contributed by atoms with E-state index in [1.165, 1.54) is 6.07 Å². The molecule has 8 nitrogen and oxygen atoms in total. The van der Waals surface area contributed by atoms with E-state index < -0.39 is 33.7 Å². The molecule has 3 N–H and O–H groups in total. The zero-order chi connectivity index (χ0) is 28.8. The molecule has 2 heterocycles. The first-order valence-corrected chi connectivity index (χ1v) is 15.8. The van der Waals surface area contributed by atoms with Crippen molar-refractivity contribution in [3.05, 3.63) is 59.9 Å². The lowest BCUT2D eigenvalue weighted by Gasteiger charge is -2.41. The van der Waals surface area contributed by atoms with Crippen LogP contribution >= 0.6 is 10.6 Å². The lowest BCUT2D eigenvalue weighted by Crippen LogP contribution is -2.42. The van der Waals surface area contributed by atoms with Gasteiger partial charge in [-0.05, 0) is 49.9 Å². The predicted molar refractivity (Wildman–Crippen MR) is 153 cm³/mol. The second kappa shape index (κ2) is 10.7. The van der Waals surface area contributed by atoms with Crippen molar-refractivity contribution in [3.8, 4) is 28.8 Å². The van der Waals surface area contributed by atoms with Crippen molar-refractivity contribution < 1.29 is 27.1 Å². The van der Waals surface area contributed by atoms with E-state index in [2.05, 4.69) is 21.3 Å². The fourth-order valence-corrected chi connectivity index (χ4v) is 7.09. The Morgan fingerprint density at radius 1 is 1.10 bits per heavy atom. The van der Waals surface area contributed by atoms with Crippen molar-refractivity contribution >= 4 is 22.2 Å². The number of hydrogen-bond donors (Lipinski definition) is 3. The van der Waals surface area contributed by atoms with Crippen LogP contribution in [0.5, 0.6) is 0 Å². The molecule has 2 aromatic carbocycles. The van der Waals surface area contributed by atoms with Crippen LogP contribution in [0.15, 0.2) is 46.9 Å². The number of nitrogens with one attached hydrogen (secondary N) is 1. The zero-order valence-corrected chi connectivity index (χ0v) is 23.3. The standard InChI is InChI=1S/C30H32F2N4O4S/c31-20-7-10-24(25(32)17-20)29-34-26(19-5-8-21(9-6-19)36-13-15-41(38,39)16-14-36)27(40-29)22-3-1-2-4-23(22)28(37)35-30(18-33)11-12-30/h5-10,17,22-23,38-39H,1-4,11-16H2,(H,35,37)/t22-,23-/m1/s1. The van der Waals surface area contributed by atoms with Crippen molar-refractivity contribution in [3.63, 3.8) is 0 Å². The molecule has 3 aliphatic rings. The summed E-state index contributed by atoms with van der Waals surface area (Å²) in [6.07, 6.45) is 4.32. The third kappa shape index (κ3) is 5.69. The average molecular weight is 583 g/mol. The highest BCUT2D eigenvalue weighted by atomic mass is 32.3. The van der Waals surface area contributed by atoms with Gasteiger partial charge < -0.3 is 14.6 Å². The molecule has 0 spiro atoms. The maximum absolute atomic E-state index is 14.8. The van der Waals surface area contributed by atoms with E-state index in [1.807, 2.05) is 24.3 Å². The van der Waals surface area contributed by atoms with Crippen molar-refractivity contribution in [1.82, 2.24) is 10.3 Å². The Morgan fingerprint density at radius 2 is 1.80 bits per heavy atom. The van der Waals surface area contributed by atoms with Gasteiger partial charge in [0.15, 0.2) is 0 Å². The summed E-state index contributed by atoms with van der Waals surface area (Å²) in [5.41, 5.74) is 1.39. The third-order valence-corrected chi connectivity index (χ3v) is 10.1. The van der Waals surface area contributed by atoms with Gasteiger partial charge in [-0.1, -0.05) is 25.0 Å². The molecule has 216 valence electrons. The van der Waals surface area contributed by atoms with E-state index in [9.17, 15) is 27.9 Å². The molecule has 0 unspecified atom stereocenters. The van der Waals surface area contributed by atoms with Crippen LogP contribution in [0, 0.1) is 28.9 Å². The SMILES string of the molecule is N#CC1(NC(=O)[C@@H]2CCCC[C@H]2c2oc(-c3ccc(F)cc3F)nc2-c2ccc(N3CCS(O)(O)CC3)cc2)CC1. The minimum absolute atomic E-state index is 0.0123. The number of carbonyl (C=O) groups is 1. The summed E-state index contributed by atoms with van der Waals surface area (Å²) in [4.78, 5) is 20.2. The first kappa shape index (κ1) is 27.7. The average Bonchev–Trinajstić information content (AvgIpc) is 3.60. The number of nitrogens with zero attached hydrogens (tertiary/aromatic N) is 3. The number of aromatic nitrogens is 1. The summed E-state index contributed by atoms with van der Waals surface area (Å²) in [7, 11) is -2.51. The van der Waals surface area contributed by atoms with Crippen molar-refractivity contribution in [1.29, 1.82) is 5.26 Å². The molecule has 1 saturated heterocycles. The topological polar surface area (TPSA) is 123 Å². The second-order valence-electron chi connectivity index (χ2n) is 11.3. The first-order chi connectivity index (χ1) is 19.7. The Kier molecular flexibility index (Phi) is 7.26. The molecule has 3 aromatic rings. The smallest absolute Gasteiger partial charge is 0.229 e. The number of benzene rings is 2. The Morgan fingerprint density at radius 3 is 2.46 bits per heavy atom. The summed E-state index contributed by atoms with van der Waals surface area (Å²) in [5, 5.41) is 12.5. The maximum atomic E-state index is 14.8. The summed E-state index contributed by atoms with van der Waals surface area (Å²) < 4.78 is 54.6. The van der Waals surface area contributed by atoms with Gasteiger partial charge in [-0.25, -0.2) is 13.8 Å². The fourth-order valence-electron chi connectivity index (χ4n) is 5.86. The maximum Gasteiger partial charge on any atom is 0.229 e. The molecule has 0 radical (unpaired) electrons. The van der Waals surface area contributed by atoms with Crippen LogP contribution in [-0.2, 0) is 4.79 Å². The Bertz CT molecular complexity index is 1490. The van der Waals surface area contributed by atoms with Gasteiger partial charge in [0.1, 0.15) is 28.6 Å². The Hall–Kier alpha value is -3.46. The highest BCUT2D eigenvalue weighted by Crippen LogP contribution is 2.46. The van der Waals surface area contributed by atoms with Crippen LogP contribution in [0.25, 0.3) is 22.7 Å². The van der Waals surface area contributed by atoms with Crippen molar-refractivity contribution in [2.75, 3.05) is 29.5 Å². The second-order valence-corrected chi connectivity index (χ2v) is 13.7. The van der Waals surface area contributed by atoms with Gasteiger partial charge in [0.25, 0.3) is 0 Å². The quantitative estimate of drug-likeness (QED) is 0.312. The molecule has 2 atom stereocenters. The van der Waals surface area contributed by atoms with Gasteiger partial charge in [-0.15, -0.1) is 0 Å². The van der Waals surface area contributed by atoms with Crippen LogP contribution < -0.4 is 10.2 Å². The predicted octanol–water partition coefficient (Wildman–Crippen LogP) is 6.30. The highest BCUT2D eigenvalue weighted by Gasteiger charge is 2.47. The normalized spacial score (nSPS) is 23.8. The number of carbonyl (C=O) groups excluding carboxylic acids is 1. The molecule has 11 heteroatoms. The third-order valence-electron chi connectivity index (χ3n) is 8.46. The molecule has 2 aliphatic carbocycles. The summed E-state index contributed by atoms with van der Waals surface area (Å²) in [6, 6.07) is 13.1. The number of rotatable bonds is 6. The molecule has 6 rings (SSSR count). The van der Waals surface area contributed by atoms with Gasteiger partial charge in [0.2, 0.25) is 11.8 Å². The lowest BCUT2D eigenvalue weighted by molar-refractivity contribution is -0.127. The van der Waals surface area contributed by atoms with Gasteiger partial charge in [0.05, 0.1) is 23.1 Å². The van der Waals surface area contributed by atoms with E-state index in [0.717, 1.165) is 36.2 Å². The van der Waals surface area contributed by atoms with Gasteiger partial charge in [0, 0.05) is 42.2 Å². The van der Waals surface area contributed by atoms with E-state index in [-0.39, 0.29) is 23.3 Å². The number of oxazole rings is 1. The number of nitriles is 1. The van der Waals surface area contributed by atoms with Gasteiger partial charge in [-0.3, -0.25) is 13.9 Å². The number of anilines is 1. The van der Waals surface area contributed by atoms with Crippen LogP contribution in [0.2, 0.25) is 0 Å². The van der Waals surface area contributed by atoms with E-state index >= 15 is 0 Å². The largest absolute Gasteiger partial charge is 0.440 e. The lowest BCUT2D eigenvalue weighted by atomic mass is 9.76. The fraction of sp³-hybridized carbons (Fsp3) is 0.433. The van der Waals surface area contributed by atoms with Crippen LogP contribution in [0.1, 0.15) is 50.2 Å². The molecule has 0 bridgehead atoms. The molecule has 1 aliphatic heterocycles. The van der Waals surface area contributed by atoms with Crippen LogP contribution in [-0.4, -0.2) is 50.1 Å². The summed E-state index contributed by atoms with van der Waals surface area (Å²) in [5.74, 6) is -1.30. The van der Waals surface area contributed by atoms with E-state index in [1.54, 1.807) is 0 Å². The van der Waals surface area contributed by atoms with Gasteiger partial charge in [-0.2, -0.15) is 15.9 Å². The molecule has 2 saturated carbocycles. The summed E-state index contributed by atoms with van der Waals surface area (Å²) >= 11 is 0. The molecular formula is C30H32F2N4O4S. The van der Waals surface area contributed by atoms with Gasteiger partial charge >= 0.3 is 0 Å². The van der Waals surface area contributed by atoms with Crippen molar-refractivity contribution in [2.24, 2.45) is 5.92 Å². The first-order valence-electron chi connectivity index (χ1n) is 14.0. The Labute approximate surface area is 238 Å². The van der Waals surface area contributed by atoms with Crippen molar-refractivity contribution in [2.45, 2.75) is 50.0 Å². The minimum Gasteiger partial charge on any atom is -0.440 e. The molecule has 1 aromatic heterocycles. The monoisotopic (exact) mass is 582 g/mol. The molecule has 3 fully saturated rings.